The Hall–Kier alpha value is -2.53. The van der Waals surface area contributed by atoms with E-state index in [1.165, 1.54) is 0 Å². The number of halogens is 1. The maximum absolute atomic E-state index is 12.5. The Morgan fingerprint density at radius 3 is 2.88 bits per heavy atom. The summed E-state index contributed by atoms with van der Waals surface area (Å²) in [4.78, 5) is 12.5. The molecule has 0 aromatic heterocycles. The van der Waals surface area contributed by atoms with Gasteiger partial charge in [0.15, 0.2) is 5.71 Å². The molecule has 0 radical (unpaired) electrons. The normalized spacial score (nSPS) is 21.0. The van der Waals surface area contributed by atoms with E-state index in [0.717, 1.165) is 11.3 Å². The summed E-state index contributed by atoms with van der Waals surface area (Å²) >= 11 is 6.15. The average Bonchev–Trinajstić information content (AvgIpc) is 3.03. The molecular formula is C19H17ClN2O3. The van der Waals surface area contributed by atoms with Crippen LogP contribution in [-0.2, 0) is 9.53 Å². The number of hydrazone groups is 1. The highest BCUT2D eigenvalue weighted by Crippen LogP contribution is 2.43. The van der Waals surface area contributed by atoms with E-state index in [9.17, 15) is 4.79 Å². The van der Waals surface area contributed by atoms with Crippen LogP contribution in [0.4, 0.5) is 5.69 Å². The van der Waals surface area contributed by atoms with E-state index >= 15 is 0 Å². The Balaban J connectivity index is 1.80. The molecule has 2 aliphatic rings. The van der Waals surface area contributed by atoms with E-state index in [-0.39, 0.29) is 12.0 Å². The van der Waals surface area contributed by atoms with Gasteiger partial charge in [0.25, 0.3) is 0 Å². The second-order valence-corrected chi connectivity index (χ2v) is 6.37. The van der Waals surface area contributed by atoms with Gasteiger partial charge in [0.2, 0.25) is 0 Å². The van der Waals surface area contributed by atoms with Gasteiger partial charge < -0.3 is 9.47 Å². The van der Waals surface area contributed by atoms with Gasteiger partial charge in [0, 0.05) is 5.02 Å². The fourth-order valence-corrected chi connectivity index (χ4v) is 3.52. The van der Waals surface area contributed by atoms with Crippen molar-refractivity contribution in [3.63, 3.8) is 0 Å². The smallest absolute Gasteiger partial charge is 0.355 e. The van der Waals surface area contributed by atoms with Crippen LogP contribution in [0.25, 0.3) is 0 Å². The van der Waals surface area contributed by atoms with Crippen molar-refractivity contribution >= 4 is 29.0 Å². The molecule has 0 bridgehead atoms. The molecule has 4 rings (SSSR count). The fraction of sp³-hybridized carbons (Fsp3) is 0.263. The van der Waals surface area contributed by atoms with Crippen molar-refractivity contribution in [3.8, 4) is 5.75 Å². The minimum atomic E-state index is -0.394. The van der Waals surface area contributed by atoms with Gasteiger partial charge in [-0.25, -0.2) is 4.79 Å². The Morgan fingerprint density at radius 1 is 1.32 bits per heavy atom. The van der Waals surface area contributed by atoms with Crippen LogP contribution in [0.1, 0.15) is 18.4 Å². The van der Waals surface area contributed by atoms with Crippen molar-refractivity contribution in [2.75, 3.05) is 18.2 Å². The molecule has 0 fully saturated rings. The summed E-state index contributed by atoms with van der Waals surface area (Å²) in [5.41, 5.74) is 2.18. The lowest BCUT2D eigenvalue weighted by molar-refractivity contribution is -0.135. The van der Waals surface area contributed by atoms with Gasteiger partial charge in [-0.2, -0.15) is 5.10 Å². The average molecular weight is 357 g/mol. The molecule has 0 aliphatic carbocycles. The molecule has 0 saturated heterocycles. The Labute approximate surface area is 150 Å². The quantitative estimate of drug-likeness (QED) is 0.788. The SMILES string of the molecule is CCOC(=O)C1=NN2c3cc(Cl)ccc3OC[C@H]2[C@@H]1c1ccccc1. The van der Waals surface area contributed by atoms with Gasteiger partial charge in [-0.05, 0) is 30.7 Å². The first-order valence-electron chi connectivity index (χ1n) is 8.21. The van der Waals surface area contributed by atoms with Crippen LogP contribution in [0.15, 0.2) is 53.6 Å². The van der Waals surface area contributed by atoms with E-state index in [0.29, 0.717) is 29.7 Å². The van der Waals surface area contributed by atoms with Gasteiger partial charge in [-0.15, -0.1) is 0 Å². The number of benzene rings is 2. The summed E-state index contributed by atoms with van der Waals surface area (Å²) in [7, 11) is 0. The first kappa shape index (κ1) is 16.0. The summed E-state index contributed by atoms with van der Waals surface area (Å²) in [6.07, 6.45) is 0. The molecule has 6 heteroatoms. The lowest BCUT2D eigenvalue weighted by atomic mass is 9.87. The maximum Gasteiger partial charge on any atom is 0.355 e. The molecule has 0 amide bonds. The second kappa shape index (κ2) is 6.41. The summed E-state index contributed by atoms with van der Waals surface area (Å²) in [5, 5.41) is 7.04. The van der Waals surface area contributed by atoms with Crippen molar-refractivity contribution in [1.29, 1.82) is 0 Å². The standard InChI is InChI=1S/C19H17ClN2O3/c1-2-24-19(23)18-17(12-6-4-3-5-7-12)15-11-25-16-9-8-13(20)10-14(16)22(15)21-18/h3-10,15,17H,2,11H2,1H3/t15-,17-/m0/s1. The number of anilines is 1. The maximum atomic E-state index is 12.5. The van der Waals surface area contributed by atoms with Crippen molar-refractivity contribution < 1.29 is 14.3 Å². The lowest BCUT2D eigenvalue weighted by Gasteiger charge is -2.33. The van der Waals surface area contributed by atoms with Crippen LogP contribution in [-0.4, -0.2) is 30.9 Å². The second-order valence-electron chi connectivity index (χ2n) is 5.93. The molecule has 2 aromatic carbocycles. The molecule has 2 heterocycles. The van der Waals surface area contributed by atoms with Crippen LogP contribution in [0.5, 0.6) is 5.75 Å². The zero-order chi connectivity index (χ0) is 17.4. The molecule has 0 saturated carbocycles. The monoisotopic (exact) mass is 356 g/mol. The Bertz CT molecular complexity index is 838. The number of hydrogen-bond acceptors (Lipinski definition) is 5. The van der Waals surface area contributed by atoms with Crippen molar-refractivity contribution in [2.24, 2.45) is 5.10 Å². The zero-order valence-electron chi connectivity index (χ0n) is 13.7. The number of hydrogen-bond donors (Lipinski definition) is 0. The highest BCUT2D eigenvalue weighted by molar-refractivity contribution is 6.40. The third-order valence-electron chi connectivity index (χ3n) is 4.43. The molecule has 128 valence electrons. The molecule has 5 nitrogen and oxygen atoms in total. The summed E-state index contributed by atoms with van der Waals surface area (Å²) < 4.78 is 11.1. The number of carbonyl (C=O) groups excluding carboxylic acids is 1. The molecule has 0 unspecified atom stereocenters. The van der Waals surface area contributed by atoms with Crippen LogP contribution in [0, 0.1) is 0 Å². The lowest BCUT2D eigenvalue weighted by Crippen LogP contribution is -2.41. The highest BCUT2D eigenvalue weighted by Gasteiger charge is 2.45. The van der Waals surface area contributed by atoms with E-state index in [1.807, 2.05) is 47.5 Å². The van der Waals surface area contributed by atoms with Gasteiger partial charge in [-0.3, -0.25) is 5.01 Å². The zero-order valence-corrected chi connectivity index (χ0v) is 14.4. The van der Waals surface area contributed by atoms with Gasteiger partial charge >= 0.3 is 5.97 Å². The summed E-state index contributed by atoms with van der Waals surface area (Å²) in [6, 6.07) is 15.1. The van der Waals surface area contributed by atoms with E-state index in [2.05, 4.69) is 5.10 Å². The molecule has 2 aliphatic heterocycles. The predicted octanol–water partition coefficient (Wildman–Crippen LogP) is 3.62. The van der Waals surface area contributed by atoms with Gasteiger partial charge in [0.1, 0.15) is 18.0 Å². The Kier molecular flexibility index (Phi) is 4.09. The molecule has 2 aromatic rings. The molecule has 25 heavy (non-hydrogen) atoms. The predicted molar refractivity (Wildman–Crippen MR) is 96.5 cm³/mol. The van der Waals surface area contributed by atoms with Crippen LogP contribution in [0.2, 0.25) is 5.02 Å². The van der Waals surface area contributed by atoms with E-state index < -0.39 is 5.97 Å². The molecule has 2 atom stereocenters. The molecular weight excluding hydrogens is 340 g/mol. The van der Waals surface area contributed by atoms with Crippen LogP contribution < -0.4 is 9.75 Å². The van der Waals surface area contributed by atoms with Crippen molar-refractivity contribution in [1.82, 2.24) is 0 Å². The van der Waals surface area contributed by atoms with Crippen LogP contribution >= 0.6 is 11.6 Å². The van der Waals surface area contributed by atoms with Crippen LogP contribution in [0.3, 0.4) is 0 Å². The minimum Gasteiger partial charge on any atom is -0.489 e. The summed E-state index contributed by atoms with van der Waals surface area (Å²) in [5.74, 6) is 0.100. The Morgan fingerprint density at radius 2 is 2.12 bits per heavy atom. The number of ether oxygens (including phenoxy) is 2. The third-order valence-corrected chi connectivity index (χ3v) is 4.66. The molecule has 0 spiro atoms. The first-order chi connectivity index (χ1) is 12.2. The van der Waals surface area contributed by atoms with Crippen molar-refractivity contribution in [2.45, 2.75) is 18.9 Å². The summed E-state index contributed by atoms with van der Waals surface area (Å²) in [6.45, 7) is 2.53. The highest BCUT2D eigenvalue weighted by atomic mass is 35.5. The topological polar surface area (TPSA) is 51.1 Å². The van der Waals surface area contributed by atoms with Gasteiger partial charge in [0.05, 0.1) is 18.6 Å². The minimum absolute atomic E-state index is 0.118. The van der Waals surface area contributed by atoms with Crippen molar-refractivity contribution in [3.05, 3.63) is 59.1 Å². The number of esters is 1. The number of rotatable bonds is 3. The number of carbonyl (C=O) groups is 1. The number of fused-ring (bicyclic) bond motifs is 3. The van der Waals surface area contributed by atoms with Gasteiger partial charge in [-0.1, -0.05) is 41.9 Å². The third kappa shape index (κ3) is 2.74. The first-order valence-corrected chi connectivity index (χ1v) is 8.59. The largest absolute Gasteiger partial charge is 0.489 e. The van der Waals surface area contributed by atoms with E-state index in [4.69, 9.17) is 21.1 Å². The fourth-order valence-electron chi connectivity index (χ4n) is 3.36. The number of nitrogens with zero attached hydrogens (tertiary/aromatic N) is 2. The molecule has 0 N–H and O–H groups in total. The van der Waals surface area contributed by atoms with E-state index in [1.54, 1.807) is 13.0 Å².